The lowest BCUT2D eigenvalue weighted by Crippen LogP contribution is -2.42. The van der Waals surface area contributed by atoms with E-state index in [9.17, 15) is 0 Å². The van der Waals surface area contributed by atoms with Gasteiger partial charge in [0.15, 0.2) is 8.32 Å². The summed E-state index contributed by atoms with van der Waals surface area (Å²) in [6.45, 7) is 16.5. The van der Waals surface area contributed by atoms with Crippen LogP contribution >= 0.6 is 0 Å². The van der Waals surface area contributed by atoms with E-state index in [1.807, 2.05) is 0 Å². The maximum atomic E-state index is 9.05. The zero-order valence-electron chi connectivity index (χ0n) is 11.4. The summed E-state index contributed by atoms with van der Waals surface area (Å²) in [5.41, 5.74) is 0. The Morgan fingerprint density at radius 1 is 1.13 bits per heavy atom. The molecule has 15 heavy (non-hydrogen) atoms. The van der Waals surface area contributed by atoms with Crippen molar-refractivity contribution in [2.24, 2.45) is 11.8 Å². The van der Waals surface area contributed by atoms with Gasteiger partial charge in [0.1, 0.15) is 0 Å². The Morgan fingerprint density at radius 2 is 1.60 bits per heavy atom. The third-order valence-electron chi connectivity index (χ3n) is 3.77. The molecule has 0 aliphatic heterocycles. The average molecular weight is 232 g/mol. The topological polar surface area (TPSA) is 29.5 Å². The second-order valence-corrected chi connectivity index (χ2v) is 11.0. The van der Waals surface area contributed by atoms with Gasteiger partial charge in [0, 0.05) is 13.2 Å². The van der Waals surface area contributed by atoms with E-state index in [0.29, 0.717) is 11.8 Å². The highest BCUT2D eigenvalue weighted by molar-refractivity contribution is 6.74. The number of aliphatic hydroxyl groups is 1. The van der Waals surface area contributed by atoms with E-state index < -0.39 is 8.32 Å². The summed E-state index contributed by atoms with van der Waals surface area (Å²) in [6.07, 6.45) is 0. The Labute approximate surface area is 96.2 Å². The standard InChI is InChI=1S/C12H28O2Si/c1-10(8-13)11(2)9-14-15(6,7)12(3,4)5/h10-11,13H,8-9H2,1-7H3/t10-,11?/m1/s1. The minimum absolute atomic E-state index is 0.252. The molecule has 0 radical (unpaired) electrons. The van der Waals surface area contributed by atoms with Gasteiger partial charge in [-0.3, -0.25) is 0 Å². The van der Waals surface area contributed by atoms with E-state index in [1.165, 1.54) is 0 Å². The lowest BCUT2D eigenvalue weighted by Gasteiger charge is -2.37. The molecule has 2 nitrogen and oxygen atoms in total. The van der Waals surface area contributed by atoms with Crippen molar-refractivity contribution in [1.29, 1.82) is 0 Å². The molecule has 0 saturated carbocycles. The Morgan fingerprint density at radius 3 is 1.93 bits per heavy atom. The van der Waals surface area contributed by atoms with Gasteiger partial charge in [-0.25, -0.2) is 0 Å². The molecule has 2 atom stereocenters. The summed E-state index contributed by atoms with van der Waals surface area (Å²) in [4.78, 5) is 0. The minimum atomic E-state index is -1.61. The van der Waals surface area contributed by atoms with Gasteiger partial charge in [-0.15, -0.1) is 0 Å². The molecule has 0 aromatic carbocycles. The predicted octanol–water partition coefficient (Wildman–Crippen LogP) is 3.27. The highest BCUT2D eigenvalue weighted by atomic mass is 28.4. The van der Waals surface area contributed by atoms with Crippen LogP contribution in [0.25, 0.3) is 0 Å². The van der Waals surface area contributed by atoms with E-state index in [4.69, 9.17) is 9.53 Å². The van der Waals surface area contributed by atoms with Crippen LogP contribution in [0, 0.1) is 11.8 Å². The molecule has 92 valence electrons. The third kappa shape index (κ3) is 4.66. The summed E-state index contributed by atoms with van der Waals surface area (Å²) >= 11 is 0. The zero-order valence-corrected chi connectivity index (χ0v) is 12.4. The Balaban J connectivity index is 4.16. The van der Waals surface area contributed by atoms with Crippen LogP contribution in [-0.2, 0) is 4.43 Å². The van der Waals surface area contributed by atoms with Crippen LogP contribution in [0.2, 0.25) is 18.1 Å². The first-order valence-corrected chi connectivity index (χ1v) is 8.77. The highest BCUT2D eigenvalue weighted by Crippen LogP contribution is 2.36. The number of aliphatic hydroxyl groups excluding tert-OH is 1. The lowest BCUT2D eigenvalue weighted by molar-refractivity contribution is 0.144. The molecular weight excluding hydrogens is 204 g/mol. The SMILES string of the molecule is CC(CO[Si](C)(C)C(C)(C)C)[C@H](C)CO. The molecule has 0 spiro atoms. The van der Waals surface area contributed by atoms with Gasteiger partial charge in [-0.1, -0.05) is 34.6 Å². The van der Waals surface area contributed by atoms with Crippen LogP contribution in [0.5, 0.6) is 0 Å². The van der Waals surface area contributed by atoms with Gasteiger partial charge in [-0.05, 0) is 30.0 Å². The van der Waals surface area contributed by atoms with Crippen LogP contribution in [0.1, 0.15) is 34.6 Å². The van der Waals surface area contributed by atoms with Gasteiger partial charge < -0.3 is 9.53 Å². The van der Waals surface area contributed by atoms with Gasteiger partial charge >= 0.3 is 0 Å². The molecule has 0 rings (SSSR count). The molecule has 0 aliphatic carbocycles. The van der Waals surface area contributed by atoms with Crippen molar-refractivity contribution in [2.45, 2.75) is 52.8 Å². The summed E-state index contributed by atoms with van der Waals surface area (Å²) in [6, 6.07) is 0. The van der Waals surface area contributed by atoms with Gasteiger partial charge in [0.25, 0.3) is 0 Å². The monoisotopic (exact) mass is 232 g/mol. The molecule has 0 heterocycles. The van der Waals surface area contributed by atoms with Crippen LogP contribution in [-0.4, -0.2) is 26.6 Å². The summed E-state index contributed by atoms with van der Waals surface area (Å²) in [5.74, 6) is 0.763. The summed E-state index contributed by atoms with van der Waals surface area (Å²) in [7, 11) is -1.61. The molecule has 0 aromatic rings. The summed E-state index contributed by atoms with van der Waals surface area (Å²) < 4.78 is 6.11. The van der Waals surface area contributed by atoms with Crippen LogP contribution in [0.15, 0.2) is 0 Å². The predicted molar refractivity (Wildman–Crippen MR) is 68.6 cm³/mol. The second-order valence-electron chi connectivity index (χ2n) is 6.21. The van der Waals surface area contributed by atoms with Crippen molar-refractivity contribution in [3.8, 4) is 0 Å². The van der Waals surface area contributed by atoms with Crippen molar-refractivity contribution in [1.82, 2.24) is 0 Å². The van der Waals surface area contributed by atoms with Crippen LogP contribution in [0.3, 0.4) is 0 Å². The van der Waals surface area contributed by atoms with E-state index in [2.05, 4.69) is 47.7 Å². The third-order valence-corrected chi connectivity index (χ3v) is 8.27. The van der Waals surface area contributed by atoms with Gasteiger partial charge in [-0.2, -0.15) is 0 Å². The highest BCUT2D eigenvalue weighted by Gasteiger charge is 2.37. The van der Waals surface area contributed by atoms with Gasteiger partial charge in [0.05, 0.1) is 0 Å². The fraction of sp³-hybridized carbons (Fsp3) is 1.00. The van der Waals surface area contributed by atoms with E-state index >= 15 is 0 Å². The molecule has 0 fully saturated rings. The van der Waals surface area contributed by atoms with Crippen molar-refractivity contribution >= 4 is 8.32 Å². The molecule has 0 saturated heterocycles. The van der Waals surface area contributed by atoms with Crippen molar-refractivity contribution in [3.63, 3.8) is 0 Å². The van der Waals surface area contributed by atoms with Crippen molar-refractivity contribution in [3.05, 3.63) is 0 Å². The van der Waals surface area contributed by atoms with Crippen molar-refractivity contribution in [2.75, 3.05) is 13.2 Å². The molecule has 0 amide bonds. The molecular formula is C12H28O2Si. The molecule has 1 unspecified atom stereocenters. The maximum absolute atomic E-state index is 9.05. The van der Waals surface area contributed by atoms with E-state index in [0.717, 1.165) is 6.61 Å². The molecule has 0 aliphatic rings. The molecule has 0 aromatic heterocycles. The maximum Gasteiger partial charge on any atom is 0.191 e. The molecule has 0 bridgehead atoms. The normalized spacial score (nSPS) is 17.6. The largest absolute Gasteiger partial charge is 0.417 e. The quantitative estimate of drug-likeness (QED) is 0.737. The first-order chi connectivity index (χ1) is 6.62. The van der Waals surface area contributed by atoms with Crippen molar-refractivity contribution < 1.29 is 9.53 Å². The smallest absolute Gasteiger partial charge is 0.191 e. The summed E-state index contributed by atoms with van der Waals surface area (Å²) in [5, 5.41) is 9.32. The number of hydrogen-bond acceptors (Lipinski definition) is 2. The number of hydrogen-bond donors (Lipinski definition) is 1. The average Bonchev–Trinajstić information content (AvgIpc) is 2.11. The lowest BCUT2D eigenvalue weighted by atomic mass is 9.98. The number of rotatable bonds is 5. The first kappa shape index (κ1) is 15.1. The minimum Gasteiger partial charge on any atom is -0.417 e. The second kappa shape index (κ2) is 5.46. The zero-order chi connectivity index (χ0) is 12.3. The van der Waals surface area contributed by atoms with E-state index in [-0.39, 0.29) is 11.6 Å². The first-order valence-electron chi connectivity index (χ1n) is 5.86. The van der Waals surface area contributed by atoms with Gasteiger partial charge in [0.2, 0.25) is 0 Å². The van der Waals surface area contributed by atoms with Crippen LogP contribution < -0.4 is 0 Å². The fourth-order valence-corrected chi connectivity index (χ4v) is 2.01. The van der Waals surface area contributed by atoms with E-state index in [1.54, 1.807) is 0 Å². The Hall–Kier alpha value is 0.137. The fourth-order valence-electron chi connectivity index (χ4n) is 0.900. The van der Waals surface area contributed by atoms with Crippen LogP contribution in [0.4, 0.5) is 0 Å². The Kier molecular flexibility index (Phi) is 5.51. The molecule has 1 N–H and O–H groups in total. The molecule has 3 heteroatoms. The Bertz CT molecular complexity index is 185.